The van der Waals surface area contributed by atoms with Crippen LogP contribution in [0.2, 0.25) is 0 Å². The van der Waals surface area contributed by atoms with Crippen LogP contribution in [0.25, 0.3) is 0 Å². The Morgan fingerprint density at radius 1 is 1.50 bits per heavy atom. The Morgan fingerprint density at radius 2 is 2.17 bits per heavy atom. The van der Waals surface area contributed by atoms with Gasteiger partial charge in [-0.1, -0.05) is 18.1 Å². The summed E-state index contributed by atoms with van der Waals surface area (Å²) in [5.41, 5.74) is 6.74. The number of amidine groups is 1. The third kappa shape index (κ3) is 3.70. The van der Waals surface area contributed by atoms with E-state index in [0.29, 0.717) is 12.1 Å². The molecule has 0 aliphatic rings. The predicted octanol–water partition coefficient (Wildman–Crippen LogP) is 2.20. The van der Waals surface area contributed by atoms with E-state index in [4.69, 9.17) is 10.9 Å². The first-order chi connectivity index (χ1) is 8.39. The van der Waals surface area contributed by atoms with Crippen LogP contribution in [0.15, 0.2) is 23.4 Å². The van der Waals surface area contributed by atoms with Crippen LogP contribution in [0.4, 0.5) is 4.39 Å². The lowest BCUT2D eigenvalue weighted by Crippen LogP contribution is -2.38. The maximum absolute atomic E-state index is 13.2. The summed E-state index contributed by atoms with van der Waals surface area (Å²) in [5, 5.41) is 15.0. The molecule has 0 aliphatic carbocycles. The van der Waals surface area contributed by atoms with Crippen LogP contribution in [-0.2, 0) is 6.54 Å². The highest BCUT2D eigenvalue weighted by atomic mass is 19.1. The number of benzene rings is 1. The molecule has 0 saturated carbocycles. The first-order valence-corrected chi connectivity index (χ1v) is 5.91. The summed E-state index contributed by atoms with van der Waals surface area (Å²) in [6, 6.07) is 4.27. The molecule has 0 bridgehead atoms. The highest BCUT2D eigenvalue weighted by Gasteiger charge is 2.15. The summed E-state index contributed by atoms with van der Waals surface area (Å²) in [4.78, 5) is 0. The number of nitrogens with two attached hydrogens (primary N) is 1. The van der Waals surface area contributed by atoms with E-state index >= 15 is 0 Å². The van der Waals surface area contributed by atoms with Gasteiger partial charge in [0.25, 0.3) is 0 Å². The van der Waals surface area contributed by atoms with E-state index in [1.54, 1.807) is 6.07 Å². The number of nitrogens with zero attached hydrogens (tertiary/aromatic N) is 1. The van der Waals surface area contributed by atoms with E-state index in [2.05, 4.69) is 31.2 Å². The van der Waals surface area contributed by atoms with E-state index in [0.717, 1.165) is 12.0 Å². The van der Waals surface area contributed by atoms with Gasteiger partial charge < -0.3 is 16.3 Å². The van der Waals surface area contributed by atoms with E-state index < -0.39 is 5.82 Å². The molecule has 4 N–H and O–H groups in total. The van der Waals surface area contributed by atoms with Gasteiger partial charge >= 0.3 is 0 Å². The summed E-state index contributed by atoms with van der Waals surface area (Å²) >= 11 is 0. The number of halogens is 1. The van der Waals surface area contributed by atoms with Gasteiger partial charge in [0.15, 0.2) is 5.84 Å². The minimum Gasteiger partial charge on any atom is -0.409 e. The molecular formula is C13H20FN3O. The molecule has 0 aliphatic heterocycles. The molecule has 0 fully saturated rings. The van der Waals surface area contributed by atoms with Crippen molar-refractivity contribution >= 4 is 5.84 Å². The van der Waals surface area contributed by atoms with Crippen molar-refractivity contribution in [2.24, 2.45) is 10.9 Å². The molecule has 0 heterocycles. The topological polar surface area (TPSA) is 70.6 Å². The van der Waals surface area contributed by atoms with Crippen LogP contribution >= 0.6 is 0 Å². The number of nitrogens with one attached hydrogen (secondary N) is 1. The monoisotopic (exact) mass is 253 g/mol. The smallest absolute Gasteiger partial charge is 0.170 e. The molecular weight excluding hydrogens is 233 g/mol. The van der Waals surface area contributed by atoms with Crippen LogP contribution in [0.3, 0.4) is 0 Å². The Bertz CT molecular complexity index is 444. The number of oxime groups is 1. The van der Waals surface area contributed by atoms with Crippen molar-refractivity contribution in [1.29, 1.82) is 0 Å². The van der Waals surface area contributed by atoms with Crippen molar-refractivity contribution in [2.75, 3.05) is 0 Å². The number of rotatable bonds is 5. The second-order valence-corrected chi connectivity index (χ2v) is 4.88. The Kier molecular flexibility index (Phi) is 4.67. The van der Waals surface area contributed by atoms with Gasteiger partial charge in [-0.3, -0.25) is 0 Å². The Morgan fingerprint density at radius 3 is 2.72 bits per heavy atom. The Hall–Kier alpha value is -1.62. The van der Waals surface area contributed by atoms with Crippen molar-refractivity contribution in [3.63, 3.8) is 0 Å². The maximum Gasteiger partial charge on any atom is 0.170 e. The third-order valence-corrected chi connectivity index (χ3v) is 3.10. The van der Waals surface area contributed by atoms with Crippen LogP contribution in [0.5, 0.6) is 0 Å². The lowest BCUT2D eigenvalue weighted by molar-refractivity contribution is 0.318. The Labute approximate surface area is 107 Å². The first-order valence-electron chi connectivity index (χ1n) is 5.91. The highest BCUT2D eigenvalue weighted by molar-refractivity contribution is 5.98. The number of hydrogen-bond acceptors (Lipinski definition) is 3. The van der Waals surface area contributed by atoms with Crippen LogP contribution in [-0.4, -0.2) is 16.6 Å². The largest absolute Gasteiger partial charge is 0.409 e. The molecule has 18 heavy (non-hydrogen) atoms. The summed E-state index contributed by atoms with van der Waals surface area (Å²) in [6.07, 6.45) is 0.965. The van der Waals surface area contributed by atoms with Crippen molar-refractivity contribution in [1.82, 2.24) is 5.32 Å². The summed E-state index contributed by atoms with van der Waals surface area (Å²) < 4.78 is 13.2. The Balaban J connectivity index is 2.95. The van der Waals surface area contributed by atoms with Crippen LogP contribution in [0, 0.1) is 5.82 Å². The lowest BCUT2D eigenvalue weighted by atomic mass is 10.00. The minimum absolute atomic E-state index is 0.0171. The van der Waals surface area contributed by atoms with Crippen molar-refractivity contribution in [3.8, 4) is 0 Å². The molecule has 0 radical (unpaired) electrons. The van der Waals surface area contributed by atoms with Gasteiger partial charge in [-0.2, -0.15) is 0 Å². The third-order valence-electron chi connectivity index (χ3n) is 3.10. The molecule has 1 rings (SSSR count). The summed E-state index contributed by atoms with van der Waals surface area (Å²) in [6.45, 7) is 6.79. The normalized spacial score (nSPS) is 12.8. The van der Waals surface area contributed by atoms with Gasteiger partial charge in [-0.05, 0) is 38.0 Å². The van der Waals surface area contributed by atoms with E-state index in [1.807, 2.05) is 0 Å². The quantitative estimate of drug-likeness (QED) is 0.326. The van der Waals surface area contributed by atoms with Crippen LogP contribution in [0.1, 0.15) is 38.3 Å². The zero-order valence-corrected chi connectivity index (χ0v) is 11.0. The SMILES string of the molecule is CCC(C)(C)NCc1ccc(F)cc1C(N)=NO. The van der Waals surface area contributed by atoms with Crippen molar-refractivity contribution in [3.05, 3.63) is 35.1 Å². The van der Waals surface area contributed by atoms with Gasteiger partial charge in [0.05, 0.1) is 0 Å². The standard InChI is InChI=1S/C13H20FN3O/c1-4-13(2,3)16-8-9-5-6-10(14)7-11(9)12(15)17-18/h5-7,16,18H,4,8H2,1-3H3,(H2,15,17). The molecule has 4 nitrogen and oxygen atoms in total. The molecule has 0 spiro atoms. The number of hydrogen-bond donors (Lipinski definition) is 3. The van der Waals surface area contributed by atoms with Gasteiger partial charge in [-0.15, -0.1) is 0 Å². The second kappa shape index (κ2) is 5.82. The van der Waals surface area contributed by atoms with Gasteiger partial charge in [0, 0.05) is 17.6 Å². The zero-order valence-electron chi connectivity index (χ0n) is 11.0. The van der Waals surface area contributed by atoms with Crippen LogP contribution < -0.4 is 11.1 Å². The van der Waals surface area contributed by atoms with Gasteiger partial charge in [-0.25, -0.2) is 4.39 Å². The minimum atomic E-state index is -0.407. The fraction of sp³-hybridized carbons (Fsp3) is 0.462. The highest BCUT2D eigenvalue weighted by Crippen LogP contribution is 2.14. The summed E-state index contributed by atoms with van der Waals surface area (Å²) in [5.74, 6) is -0.490. The maximum atomic E-state index is 13.2. The molecule has 0 atom stereocenters. The molecule has 0 unspecified atom stereocenters. The fourth-order valence-corrected chi connectivity index (χ4v) is 1.45. The molecule has 1 aromatic carbocycles. The predicted molar refractivity (Wildman–Crippen MR) is 70.1 cm³/mol. The molecule has 1 aromatic rings. The average Bonchev–Trinajstić information content (AvgIpc) is 2.36. The van der Waals surface area contributed by atoms with Gasteiger partial charge in [0.2, 0.25) is 0 Å². The molecule has 100 valence electrons. The van der Waals surface area contributed by atoms with E-state index in [9.17, 15) is 4.39 Å². The fourth-order valence-electron chi connectivity index (χ4n) is 1.45. The first kappa shape index (κ1) is 14.4. The van der Waals surface area contributed by atoms with E-state index in [1.165, 1.54) is 12.1 Å². The van der Waals surface area contributed by atoms with Crippen molar-refractivity contribution < 1.29 is 9.60 Å². The molecule has 0 aromatic heterocycles. The average molecular weight is 253 g/mol. The van der Waals surface area contributed by atoms with Gasteiger partial charge in [0.1, 0.15) is 5.82 Å². The molecule has 5 heteroatoms. The molecule has 0 saturated heterocycles. The zero-order chi connectivity index (χ0) is 13.8. The molecule has 0 amide bonds. The lowest BCUT2D eigenvalue weighted by Gasteiger charge is -2.25. The van der Waals surface area contributed by atoms with Crippen molar-refractivity contribution in [2.45, 2.75) is 39.3 Å². The summed E-state index contributed by atoms with van der Waals surface area (Å²) in [7, 11) is 0. The van der Waals surface area contributed by atoms with E-state index in [-0.39, 0.29) is 11.4 Å². The second-order valence-electron chi connectivity index (χ2n) is 4.88.